The molecule has 0 spiro atoms. The van der Waals surface area contributed by atoms with Gasteiger partial charge in [0.2, 0.25) is 0 Å². The maximum absolute atomic E-state index is 14.0. The molecule has 0 aromatic heterocycles. The van der Waals surface area contributed by atoms with Crippen LogP contribution in [0.5, 0.6) is 0 Å². The number of carbonyl (C=O) groups excluding carboxylic acids is 1. The molecule has 6 heteroatoms. The van der Waals surface area contributed by atoms with Crippen LogP contribution in [-0.4, -0.2) is 23.9 Å². The van der Waals surface area contributed by atoms with Crippen molar-refractivity contribution in [3.8, 4) is 0 Å². The first-order valence-electron chi connectivity index (χ1n) is 7.52. The van der Waals surface area contributed by atoms with Crippen LogP contribution in [0.15, 0.2) is 42.5 Å². The van der Waals surface area contributed by atoms with E-state index in [1.807, 2.05) is 30.3 Å². The van der Waals surface area contributed by atoms with Crippen LogP contribution in [0.1, 0.15) is 27.9 Å². The zero-order valence-electron chi connectivity index (χ0n) is 13.5. The lowest BCUT2D eigenvalue weighted by molar-refractivity contribution is 0.0737. The van der Waals surface area contributed by atoms with Gasteiger partial charge in [-0.2, -0.15) is 0 Å². The molecule has 0 atom stereocenters. The van der Waals surface area contributed by atoms with Crippen molar-refractivity contribution in [1.29, 1.82) is 0 Å². The van der Waals surface area contributed by atoms with Crippen LogP contribution in [0.3, 0.4) is 0 Å². The molecule has 0 saturated heterocycles. The Kier molecular flexibility index (Phi) is 7.82. The van der Waals surface area contributed by atoms with E-state index in [1.54, 1.807) is 0 Å². The quantitative estimate of drug-likeness (QED) is 0.860. The first kappa shape index (κ1) is 20.1. The van der Waals surface area contributed by atoms with E-state index in [0.29, 0.717) is 26.1 Å². The second kappa shape index (κ2) is 9.35. The number of rotatable bonds is 6. The van der Waals surface area contributed by atoms with Crippen LogP contribution in [-0.2, 0) is 6.54 Å². The summed E-state index contributed by atoms with van der Waals surface area (Å²) in [5.74, 6) is -1.96. The van der Waals surface area contributed by atoms with Gasteiger partial charge in [-0.15, -0.1) is 12.4 Å². The van der Waals surface area contributed by atoms with Gasteiger partial charge in [-0.3, -0.25) is 4.79 Å². The molecule has 24 heavy (non-hydrogen) atoms. The molecular weight excluding hydrogens is 334 g/mol. The van der Waals surface area contributed by atoms with Crippen molar-refractivity contribution in [2.24, 2.45) is 5.73 Å². The van der Waals surface area contributed by atoms with E-state index in [0.717, 1.165) is 11.6 Å². The smallest absolute Gasteiger partial charge is 0.257 e. The molecule has 0 heterocycles. The Morgan fingerprint density at radius 2 is 1.79 bits per heavy atom. The van der Waals surface area contributed by atoms with Crippen molar-refractivity contribution in [3.63, 3.8) is 0 Å². The largest absolute Gasteiger partial charge is 0.334 e. The fourth-order valence-corrected chi connectivity index (χ4v) is 2.33. The molecule has 2 aromatic carbocycles. The predicted molar refractivity (Wildman–Crippen MR) is 93.2 cm³/mol. The minimum Gasteiger partial charge on any atom is -0.334 e. The predicted octanol–water partition coefficient (Wildman–Crippen LogP) is 3.69. The summed E-state index contributed by atoms with van der Waals surface area (Å²) in [4.78, 5) is 14.2. The van der Waals surface area contributed by atoms with E-state index in [1.165, 1.54) is 17.9 Å². The number of hydrogen-bond donors (Lipinski definition) is 1. The van der Waals surface area contributed by atoms with Crippen molar-refractivity contribution in [1.82, 2.24) is 4.90 Å². The fraction of sp³-hybridized carbons (Fsp3) is 0.278. The summed E-state index contributed by atoms with van der Waals surface area (Å²) >= 11 is 0. The zero-order valence-corrected chi connectivity index (χ0v) is 14.3. The number of benzene rings is 2. The summed E-state index contributed by atoms with van der Waals surface area (Å²) in [7, 11) is 0. The van der Waals surface area contributed by atoms with Gasteiger partial charge in [-0.25, -0.2) is 8.78 Å². The van der Waals surface area contributed by atoms with Crippen LogP contribution in [0.25, 0.3) is 0 Å². The maximum Gasteiger partial charge on any atom is 0.257 e. The Morgan fingerprint density at radius 3 is 2.42 bits per heavy atom. The summed E-state index contributed by atoms with van der Waals surface area (Å²) in [5, 5.41) is 0. The Bertz CT molecular complexity index is 680. The van der Waals surface area contributed by atoms with Gasteiger partial charge in [0, 0.05) is 19.2 Å². The van der Waals surface area contributed by atoms with Crippen LogP contribution in [0.4, 0.5) is 8.78 Å². The lowest BCUT2D eigenvalue weighted by Crippen LogP contribution is -2.33. The number of hydrogen-bond acceptors (Lipinski definition) is 2. The molecule has 2 rings (SSSR count). The van der Waals surface area contributed by atoms with E-state index in [-0.39, 0.29) is 23.5 Å². The first-order valence-corrected chi connectivity index (χ1v) is 7.52. The van der Waals surface area contributed by atoms with E-state index in [9.17, 15) is 13.6 Å². The third-order valence-corrected chi connectivity index (χ3v) is 3.61. The molecule has 0 saturated carbocycles. The third-order valence-electron chi connectivity index (χ3n) is 3.61. The Morgan fingerprint density at radius 1 is 1.12 bits per heavy atom. The van der Waals surface area contributed by atoms with Crippen molar-refractivity contribution in [2.45, 2.75) is 19.9 Å². The summed E-state index contributed by atoms with van der Waals surface area (Å²) in [5.41, 5.74) is 6.59. The molecule has 0 unspecified atom stereocenters. The molecule has 2 N–H and O–H groups in total. The van der Waals surface area contributed by atoms with Gasteiger partial charge in [0.25, 0.3) is 5.91 Å². The van der Waals surface area contributed by atoms with Crippen molar-refractivity contribution in [2.75, 3.05) is 13.1 Å². The van der Waals surface area contributed by atoms with E-state index in [2.05, 4.69) is 0 Å². The number of halogens is 3. The molecule has 3 nitrogen and oxygen atoms in total. The standard InChI is InChI=1S/C18H20F2N2O.ClH/c1-13-10-15(17(20)11-16(13)19)18(23)22(9-5-8-21)12-14-6-3-2-4-7-14;/h2-4,6-7,10-11H,5,8-9,12,21H2,1H3;1H. The van der Waals surface area contributed by atoms with Crippen LogP contribution in [0.2, 0.25) is 0 Å². The van der Waals surface area contributed by atoms with Gasteiger partial charge in [-0.05, 0) is 37.1 Å². The van der Waals surface area contributed by atoms with Crippen LogP contribution >= 0.6 is 12.4 Å². The van der Waals surface area contributed by atoms with Crippen molar-refractivity contribution < 1.29 is 13.6 Å². The summed E-state index contributed by atoms with van der Waals surface area (Å²) in [6.45, 7) is 2.71. The molecular formula is C18H21ClF2N2O. The Hall–Kier alpha value is -1.98. The second-order valence-corrected chi connectivity index (χ2v) is 5.44. The molecule has 0 aliphatic rings. The fourth-order valence-electron chi connectivity index (χ4n) is 2.33. The summed E-state index contributed by atoms with van der Waals surface area (Å²) < 4.78 is 27.4. The average Bonchev–Trinajstić information content (AvgIpc) is 2.55. The first-order chi connectivity index (χ1) is 11.0. The Labute approximate surface area is 146 Å². The lowest BCUT2D eigenvalue weighted by atomic mass is 10.1. The number of nitrogens with two attached hydrogens (primary N) is 1. The molecule has 130 valence electrons. The number of aryl methyl sites for hydroxylation is 1. The van der Waals surface area contributed by atoms with Crippen molar-refractivity contribution >= 4 is 18.3 Å². The molecule has 0 aliphatic carbocycles. The molecule has 0 fully saturated rings. The summed E-state index contributed by atoms with van der Waals surface area (Å²) in [6, 6.07) is 11.5. The van der Waals surface area contributed by atoms with E-state index in [4.69, 9.17) is 5.73 Å². The highest BCUT2D eigenvalue weighted by molar-refractivity contribution is 5.94. The van der Waals surface area contributed by atoms with Crippen molar-refractivity contribution in [3.05, 3.63) is 70.8 Å². The molecule has 1 amide bonds. The summed E-state index contributed by atoms with van der Waals surface area (Å²) in [6.07, 6.45) is 0.611. The van der Waals surface area contributed by atoms with Crippen LogP contribution < -0.4 is 5.73 Å². The monoisotopic (exact) mass is 354 g/mol. The van der Waals surface area contributed by atoms with E-state index >= 15 is 0 Å². The normalized spacial score (nSPS) is 10.2. The number of carbonyl (C=O) groups is 1. The molecule has 2 aromatic rings. The lowest BCUT2D eigenvalue weighted by Gasteiger charge is -2.23. The topological polar surface area (TPSA) is 46.3 Å². The van der Waals surface area contributed by atoms with Gasteiger partial charge >= 0.3 is 0 Å². The third kappa shape index (κ3) is 5.01. The molecule has 0 bridgehead atoms. The highest BCUT2D eigenvalue weighted by Gasteiger charge is 2.20. The number of amides is 1. The van der Waals surface area contributed by atoms with Gasteiger partial charge in [0.15, 0.2) is 0 Å². The molecule has 0 radical (unpaired) electrons. The maximum atomic E-state index is 14.0. The van der Waals surface area contributed by atoms with Crippen LogP contribution in [0, 0.1) is 18.6 Å². The van der Waals surface area contributed by atoms with Gasteiger partial charge < -0.3 is 10.6 Å². The van der Waals surface area contributed by atoms with E-state index < -0.39 is 17.5 Å². The molecule has 0 aliphatic heterocycles. The minimum absolute atomic E-state index is 0. The zero-order chi connectivity index (χ0) is 16.8. The minimum atomic E-state index is -0.844. The number of nitrogens with zero attached hydrogens (tertiary/aromatic N) is 1. The average molecular weight is 355 g/mol. The van der Waals surface area contributed by atoms with Gasteiger partial charge in [0.05, 0.1) is 5.56 Å². The highest BCUT2D eigenvalue weighted by atomic mass is 35.5. The highest BCUT2D eigenvalue weighted by Crippen LogP contribution is 2.18. The Balaban J connectivity index is 0.00000288. The second-order valence-electron chi connectivity index (χ2n) is 5.44. The van der Waals surface area contributed by atoms with Gasteiger partial charge in [-0.1, -0.05) is 30.3 Å². The SMILES string of the molecule is Cc1cc(C(=O)N(CCCN)Cc2ccccc2)c(F)cc1F.Cl. The van der Waals surface area contributed by atoms with Gasteiger partial charge in [0.1, 0.15) is 11.6 Å².